The van der Waals surface area contributed by atoms with E-state index in [1.54, 1.807) is 10.9 Å². The van der Waals surface area contributed by atoms with Crippen LogP contribution in [0.3, 0.4) is 0 Å². The zero-order chi connectivity index (χ0) is 13.8. The van der Waals surface area contributed by atoms with Crippen molar-refractivity contribution in [3.8, 4) is 5.69 Å². The van der Waals surface area contributed by atoms with Crippen LogP contribution in [0.2, 0.25) is 0 Å². The van der Waals surface area contributed by atoms with Crippen LogP contribution in [0, 0.1) is 13.8 Å². The number of aryl methyl sites for hydroxylation is 1. The van der Waals surface area contributed by atoms with Gasteiger partial charge in [0.2, 0.25) is 0 Å². The normalized spacial score (nSPS) is 10.5. The Bertz CT molecular complexity index is 590. The van der Waals surface area contributed by atoms with Gasteiger partial charge in [-0.25, -0.2) is 4.68 Å². The first-order chi connectivity index (χ1) is 9.15. The summed E-state index contributed by atoms with van der Waals surface area (Å²) < 4.78 is 1.75. The number of hydrogen-bond acceptors (Lipinski definition) is 3. The first kappa shape index (κ1) is 13.3. The number of nitrogens with one attached hydrogen (secondary N) is 1. The largest absolute Gasteiger partial charge is 0.395 e. The van der Waals surface area contributed by atoms with Crippen LogP contribution in [0.15, 0.2) is 30.5 Å². The van der Waals surface area contributed by atoms with Crippen molar-refractivity contribution in [3.05, 3.63) is 47.3 Å². The molecule has 0 radical (unpaired) electrons. The lowest BCUT2D eigenvalue weighted by molar-refractivity contribution is 0.0944. The molecule has 1 heterocycles. The second-order valence-electron chi connectivity index (χ2n) is 4.32. The van der Waals surface area contributed by atoms with Gasteiger partial charge in [-0.1, -0.05) is 18.2 Å². The fourth-order valence-corrected chi connectivity index (χ4v) is 1.94. The molecule has 0 unspecified atom stereocenters. The van der Waals surface area contributed by atoms with Gasteiger partial charge < -0.3 is 10.4 Å². The molecule has 1 aromatic carbocycles. The van der Waals surface area contributed by atoms with Crippen molar-refractivity contribution >= 4 is 5.91 Å². The number of rotatable bonds is 4. The van der Waals surface area contributed by atoms with Gasteiger partial charge in [0, 0.05) is 6.54 Å². The molecule has 2 rings (SSSR count). The molecule has 0 saturated carbocycles. The Kier molecular flexibility index (Phi) is 3.97. The lowest BCUT2D eigenvalue weighted by Crippen LogP contribution is -2.26. The van der Waals surface area contributed by atoms with Gasteiger partial charge in [-0.05, 0) is 25.5 Å². The fourth-order valence-electron chi connectivity index (χ4n) is 1.94. The third kappa shape index (κ3) is 2.66. The van der Waals surface area contributed by atoms with Gasteiger partial charge in [0.05, 0.1) is 29.7 Å². The molecule has 0 atom stereocenters. The first-order valence-corrected chi connectivity index (χ1v) is 6.15. The highest BCUT2D eigenvalue weighted by molar-refractivity contribution is 5.95. The van der Waals surface area contributed by atoms with Crippen LogP contribution in [0.5, 0.6) is 0 Å². The van der Waals surface area contributed by atoms with E-state index in [-0.39, 0.29) is 19.1 Å². The molecule has 1 amide bonds. The monoisotopic (exact) mass is 259 g/mol. The summed E-state index contributed by atoms with van der Waals surface area (Å²) in [5.41, 5.74) is 3.36. The molecule has 100 valence electrons. The lowest BCUT2D eigenvalue weighted by Gasteiger charge is -2.08. The Morgan fingerprint density at radius 3 is 2.79 bits per heavy atom. The molecule has 0 spiro atoms. The third-order valence-electron chi connectivity index (χ3n) is 3.00. The summed E-state index contributed by atoms with van der Waals surface area (Å²) in [6.07, 6.45) is 1.55. The van der Waals surface area contributed by atoms with Crippen LogP contribution in [-0.2, 0) is 0 Å². The number of nitrogens with zero attached hydrogens (tertiary/aromatic N) is 2. The van der Waals surface area contributed by atoms with Crippen LogP contribution in [0.25, 0.3) is 5.69 Å². The van der Waals surface area contributed by atoms with Gasteiger partial charge in [-0.2, -0.15) is 5.10 Å². The van der Waals surface area contributed by atoms with E-state index >= 15 is 0 Å². The zero-order valence-corrected chi connectivity index (χ0v) is 11.1. The number of aliphatic hydroxyl groups excluding tert-OH is 1. The molecule has 0 aliphatic carbocycles. The summed E-state index contributed by atoms with van der Waals surface area (Å²) in [6.45, 7) is 4.03. The maximum absolute atomic E-state index is 11.9. The minimum Gasteiger partial charge on any atom is -0.395 e. The van der Waals surface area contributed by atoms with E-state index in [4.69, 9.17) is 5.11 Å². The van der Waals surface area contributed by atoms with Gasteiger partial charge in [0.1, 0.15) is 0 Å². The van der Waals surface area contributed by atoms with E-state index in [1.807, 2.05) is 38.1 Å². The van der Waals surface area contributed by atoms with Gasteiger partial charge in [-0.3, -0.25) is 4.79 Å². The second-order valence-corrected chi connectivity index (χ2v) is 4.32. The standard InChI is InChI=1S/C14H17N3O2/c1-10-5-3-4-6-13(10)17-11(2)12(9-16-17)14(19)15-7-8-18/h3-6,9,18H,7-8H2,1-2H3,(H,15,19). The average Bonchev–Trinajstić information content (AvgIpc) is 2.78. The highest BCUT2D eigenvalue weighted by Gasteiger charge is 2.15. The summed E-state index contributed by atoms with van der Waals surface area (Å²) in [7, 11) is 0. The molecule has 5 heteroatoms. The zero-order valence-electron chi connectivity index (χ0n) is 11.1. The number of carbonyl (C=O) groups is 1. The maximum Gasteiger partial charge on any atom is 0.254 e. The Labute approximate surface area is 111 Å². The van der Waals surface area contributed by atoms with Crippen molar-refractivity contribution in [2.75, 3.05) is 13.2 Å². The van der Waals surface area contributed by atoms with Crippen LogP contribution in [0.4, 0.5) is 0 Å². The minimum atomic E-state index is -0.216. The van der Waals surface area contributed by atoms with E-state index in [0.29, 0.717) is 5.56 Å². The molecular weight excluding hydrogens is 242 g/mol. The summed E-state index contributed by atoms with van der Waals surface area (Å²) >= 11 is 0. The third-order valence-corrected chi connectivity index (χ3v) is 3.00. The highest BCUT2D eigenvalue weighted by atomic mass is 16.3. The van der Waals surface area contributed by atoms with Crippen LogP contribution in [-0.4, -0.2) is 33.9 Å². The van der Waals surface area contributed by atoms with E-state index in [9.17, 15) is 4.79 Å². The van der Waals surface area contributed by atoms with Crippen molar-refractivity contribution in [2.45, 2.75) is 13.8 Å². The number of aliphatic hydroxyl groups is 1. The molecule has 1 aromatic heterocycles. The minimum absolute atomic E-state index is 0.0727. The quantitative estimate of drug-likeness (QED) is 0.867. The summed E-state index contributed by atoms with van der Waals surface area (Å²) in [6, 6.07) is 7.87. The maximum atomic E-state index is 11.9. The predicted octanol–water partition coefficient (Wildman–Crippen LogP) is 1.21. The van der Waals surface area contributed by atoms with E-state index in [2.05, 4.69) is 10.4 Å². The predicted molar refractivity (Wildman–Crippen MR) is 72.5 cm³/mol. The molecule has 0 saturated heterocycles. The molecule has 5 nitrogen and oxygen atoms in total. The highest BCUT2D eigenvalue weighted by Crippen LogP contribution is 2.17. The number of aromatic nitrogens is 2. The molecule has 0 fully saturated rings. The molecule has 2 aromatic rings. The smallest absolute Gasteiger partial charge is 0.254 e. The number of para-hydroxylation sites is 1. The van der Waals surface area contributed by atoms with Crippen molar-refractivity contribution < 1.29 is 9.90 Å². The Hall–Kier alpha value is -2.14. The van der Waals surface area contributed by atoms with Gasteiger partial charge in [-0.15, -0.1) is 0 Å². The molecule has 2 N–H and O–H groups in total. The van der Waals surface area contributed by atoms with Crippen LogP contribution < -0.4 is 5.32 Å². The Morgan fingerprint density at radius 1 is 1.37 bits per heavy atom. The van der Waals surface area contributed by atoms with E-state index < -0.39 is 0 Å². The van der Waals surface area contributed by atoms with Crippen molar-refractivity contribution in [3.63, 3.8) is 0 Å². The number of hydrogen-bond donors (Lipinski definition) is 2. The fraction of sp³-hybridized carbons (Fsp3) is 0.286. The molecule has 0 aliphatic heterocycles. The molecular formula is C14H17N3O2. The Morgan fingerprint density at radius 2 is 2.11 bits per heavy atom. The van der Waals surface area contributed by atoms with Gasteiger partial charge in [0.25, 0.3) is 5.91 Å². The number of benzene rings is 1. The summed E-state index contributed by atoms with van der Waals surface area (Å²) in [5.74, 6) is -0.216. The topological polar surface area (TPSA) is 67.2 Å². The van der Waals surface area contributed by atoms with Gasteiger partial charge >= 0.3 is 0 Å². The molecule has 0 aliphatic rings. The van der Waals surface area contributed by atoms with Crippen LogP contribution in [0.1, 0.15) is 21.6 Å². The van der Waals surface area contributed by atoms with Crippen molar-refractivity contribution in [1.82, 2.24) is 15.1 Å². The van der Waals surface area contributed by atoms with Crippen molar-refractivity contribution in [1.29, 1.82) is 0 Å². The van der Waals surface area contributed by atoms with E-state index in [1.165, 1.54) is 0 Å². The van der Waals surface area contributed by atoms with E-state index in [0.717, 1.165) is 16.9 Å². The SMILES string of the molecule is Cc1ccccc1-n1ncc(C(=O)NCCO)c1C. The number of carbonyl (C=O) groups excluding carboxylic acids is 1. The summed E-state index contributed by atoms with van der Waals surface area (Å²) in [4.78, 5) is 11.9. The van der Waals surface area contributed by atoms with Crippen LogP contribution >= 0.6 is 0 Å². The van der Waals surface area contributed by atoms with Gasteiger partial charge in [0.15, 0.2) is 0 Å². The molecule has 0 bridgehead atoms. The summed E-state index contributed by atoms with van der Waals surface area (Å²) in [5, 5.41) is 15.6. The lowest BCUT2D eigenvalue weighted by atomic mass is 10.2. The first-order valence-electron chi connectivity index (χ1n) is 6.15. The second kappa shape index (κ2) is 5.67. The number of amides is 1. The molecule has 19 heavy (non-hydrogen) atoms. The Balaban J connectivity index is 2.33. The average molecular weight is 259 g/mol. The van der Waals surface area contributed by atoms with Crippen molar-refractivity contribution in [2.24, 2.45) is 0 Å².